The number of hydrogen-bond donors (Lipinski definition) is 1. The number of anilines is 1. The fourth-order valence-electron chi connectivity index (χ4n) is 1.75. The summed E-state index contributed by atoms with van der Waals surface area (Å²) in [7, 11) is 0. The maximum absolute atomic E-state index is 4.31. The predicted molar refractivity (Wildman–Crippen MR) is 74.7 cm³/mol. The Kier molecular flexibility index (Phi) is 4.70. The molecule has 94 valence electrons. The van der Waals surface area contributed by atoms with Gasteiger partial charge in [0.1, 0.15) is 0 Å². The Balaban J connectivity index is 1.86. The molecule has 2 aromatic rings. The molecule has 0 aliphatic rings. The first kappa shape index (κ1) is 12.6. The SMILES string of the molecule is CCCNc1ncc(CCc2ccccc2)cn1. The van der Waals surface area contributed by atoms with E-state index in [2.05, 4.69) is 46.5 Å². The molecule has 0 atom stereocenters. The van der Waals surface area contributed by atoms with Crippen LogP contribution >= 0.6 is 0 Å². The summed E-state index contributed by atoms with van der Waals surface area (Å²) >= 11 is 0. The van der Waals surface area contributed by atoms with Gasteiger partial charge in [0.15, 0.2) is 0 Å². The number of rotatable bonds is 6. The van der Waals surface area contributed by atoms with E-state index in [9.17, 15) is 0 Å². The van der Waals surface area contributed by atoms with Gasteiger partial charge in [-0.3, -0.25) is 0 Å². The fraction of sp³-hybridized carbons (Fsp3) is 0.333. The summed E-state index contributed by atoms with van der Waals surface area (Å²) in [5.41, 5.74) is 2.53. The first-order chi connectivity index (χ1) is 8.88. The molecule has 0 saturated carbocycles. The molecule has 18 heavy (non-hydrogen) atoms. The number of benzene rings is 1. The van der Waals surface area contributed by atoms with Crippen molar-refractivity contribution in [3.63, 3.8) is 0 Å². The Morgan fingerprint density at radius 3 is 2.28 bits per heavy atom. The molecule has 0 saturated heterocycles. The molecule has 3 heteroatoms. The largest absolute Gasteiger partial charge is 0.354 e. The zero-order valence-electron chi connectivity index (χ0n) is 10.8. The summed E-state index contributed by atoms with van der Waals surface area (Å²) in [6, 6.07) is 10.5. The highest BCUT2D eigenvalue weighted by Gasteiger charge is 1.98. The van der Waals surface area contributed by atoms with Crippen molar-refractivity contribution >= 4 is 5.95 Å². The van der Waals surface area contributed by atoms with E-state index in [0.717, 1.165) is 31.8 Å². The van der Waals surface area contributed by atoms with E-state index in [1.807, 2.05) is 18.5 Å². The van der Waals surface area contributed by atoms with Crippen LogP contribution in [0.3, 0.4) is 0 Å². The smallest absolute Gasteiger partial charge is 0.222 e. The first-order valence-corrected chi connectivity index (χ1v) is 6.47. The minimum absolute atomic E-state index is 0.723. The van der Waals surface area contributed by atoms with Crippen molar-refractivity contribution in [2.45, 2.75) is 26.2 Å². The van der Waals surface area contributed by atoms with E-state index in [4.69, 9.17) is 0 Å². The minimum Gasteiger partial charge on any atom is -0.354 e. The maximum Gasteiger partial charge on any atom is 0.222 e. The average Bonchev–Trinajstić information content (AvgIpc) is 2.45. The zero-order valence-corrected chi connectivity index (χ0v) is 10.8. The van der Waals surface area contributed by atoms with Crippen LogP contribution < -0.4 is 5.32 Å². The Hall–Kier alpha value is -1.90. The van der Waals surface area contributed by atoms with Gasteiger partial charge in [0.05, 0.1) is 0 Å². The van der Waals surface area contributed by atoms with Crippen molar-refractivity contribution < 1.29 is 0 Å². The number of nitrogens with one attached hydrogen (secondary N) is 1. The molecule has 1 aromatic carbocycles. The molecule has 2 rings (SSSR count). The van der Waals surface area contributed by atoms with Crippen LogP contribution in [-0.2, 0) is 12.8 Å². The third-order valence-electron chi connectivity index (χ3n) is 2.78. The van der Waals surface area contributed by atoms with Crippen LogP contribution in [0.5, 0.6) is 0 Å². The molecule has 0 radical (unpaired) electrons. The van der Waals surface area contributed by atoms with Crippen LogP contribution in [0.1, 0.15) is 24.5 Å². The number of aromatic nitrogens is 2. The summed E-state index contributed by atoms with van der Waals surface area (Å²) in [6.45, 7) is 3.05. The Labute approximate surface area is 108 Å². The van der Waals surface area contributed by atoms with E-state index in [1.165, 1.54) is 11.1 Å². The molecular weight excluding hydrogens is 222 g/mol. The van der Waals surface area contributed by atoms with E-state index in [1.54, 1.807) is 0 Å². The van der Waals surface area contributed by atoms with Gasteiger partial charge in [-0.1, -0.05) is 37.3 Å². The maximum atomic E-state index is 4.31. The molecule has 0 spiro atoms. The van der Waals surface area contributed by atoms with Crippen molar-refractivity contribution in [2.24, 2.45) is 0 Å². The topological polar surface area (TPSA) is 37.8 Å². The summed E-state index contributed by atoms with van der Waals surface area (Å²) in [5, 5.41) is 3.17. The Morgan fingerprint density at radius 1 is 0.944 bits per heavy atom. The highest BCUT2D eigenvalue weighted by molar-refractivity contribution is 5.25. The van der Waals surface area contributed by atoms with Gasteiger partial charge in [0.2, 0.25) is 5.95 Å². The lowest BCUT2D eigenvalue weighted by molar-refractivity contribution is 0.916. The van der Waals surface area contributed by atoms with Gasteiger partial charge in [0, 0.05) is 18.9 Å². The van der Waals surface area contributed by atoms with Gasteiger partial charge in [-0.2, -0.15) is 0 Å². The molecule has 0 bridgehead atoms. The standard InChI is InChI=1S/C15H19N3/c1-2-10-16-15-17-11-14(12-18-15)9-8-13-6-4-3-5-7-13/h3-7,11-12H,2,8-10H2,1H3,(H,16,17,18). The molecule has 0 aliphatic carbocycles. The van der Waals surface area contributed by atoms with Gasteiger partial charge in [-0.25, -0.2) is 9.97 Å². The summed E-state index contributed by atoms with van der Waals surface area (Å²) in [5.74, 6) is 0.723. The van der Waals surface area contributed by atoms with Crippen molar-refractivity contribution in [3.05, 3.63) is 53.9 Å². The summed E-state index contributed by atoms with van der Waals surface area (Å²) in [4.78, 5) is 8.61. The van der Waals surface area contributed by atoms with Crippen LogP contribution in [0.15, 0.2) is 42.7 Å². The second-order valence-corrected chi connectivity index (χ2v) is 4.33. The van der Waals surface area contributed by atoms with Crippen LogP contribution in [0, 0.1) is 0 Å². The number of nitrogens with zero attached hydrogens (tertiary/aromatic N) is 2. The number of aryl methyl sites for hydroxylation is 2. The third-order valence-corrected chi connectivity index (χ3v) is 2.78. The van der Waals surface area contributed by atoms with E-state index < -0.39 is 0 Å². The average molecular weight is 241 g/mol. The van der Waals surface area contributed by atoms with Crippen LogP contribution in [0.4, 0.5) is 5.95 Å². The Bertz CT molecular complexity index is 451. The van der Waals surface area contributed by atoms with Crippen LogP contribution in [0.25, 0.3) is 0 Å². The highest BCUT2D eigenvalue weighted by atomic mass is 15.1. The van der Waals surface area contributed by atoms with Crippen molar-refractivity contribution in [3.8, 4) is 0 Å². The van der Waals surface area contributed by atoms with Crippen LogP contribution in [-0.4, -0.2) is 16.5 Å². The lowest BCUT2D eigenvalue weighted by Crippen LogP contribution is -2.04. The fourth-order valence-corrected chi connectivity index (χ4v) is 1.75. The van der Waals surface area contributed by atoms with Gasteiger partial charge < -0.3 is 5.32 Å². The van der Waals surface area contributed by atoms with Crippen molar-refractivity contribution in [1.82, 2.24) is 9.97 Å². The third kappa shape index (κ3) is 3.84. The zero-order chi connectivity index (χ0) is 12.6. The normalized spacial score (nSPS) is 10.3. The lowest BCUT2D eigenvalue weighted by Gasteiger charge is -2.04. The van der Waals surface area contributed by atoms with Gasteiger partial charge in [-0.15, -0.1) is 0 Å². The second kappa shape index (κ2) is 6.74. The van der Waals surface area contributed by atoms with Crippen molar-refractivity contribution in [1.29, 1.82) is 0 Å². The monoisotopic (exact) mass is 241 g/mol. The van der Waals surface area contributed by atoms with Crippen LogP contribution in [0.2, 0.25) is 0 Å². The molecular formula is C15H19N3. The second-order valence-electron chi connectivity index (χ2n) is 4.33. The van der Waals surface area contributed by atoms with E-state index in [0.29, 0.717) is 0 Å². The molecule has 0 aliphatic heterocycles. The highest BCUT2D eigenvalue weighted by Crippen LogP contribution is 2.06. The quantitative estimate of drug-likeness (QED) is 0.844. The summed E-state index contributed by atoms with van der Waals surface area (Å²) < 4.78 is 0. The lowest BCUT2D eigenvalue weighted by atomic mass is 10.1. The number of hydrogen-bond acceptors (Lipinski definition) is 3. The molecule has 1 aromatic heterocycles. The molecule has 1 heterocycles. The predicted octanol–water partition coefficient (Wildman–Crippen LogP) is 3.08. The Morgan fingerprint density at radius 2 is 1.61 bits per heavy atom. The minimum atomic E-state index is 0.723. The summed E-state index contributed by atoms with van der Waals surface area (Å²) in [6.07, 6.45) is 6.92. The van der Waals surface area contributed by atoms with Gasteiger partial charge in [-0.05, 0) is 30.4 Å². The van der Waals surface area contributed by atoms with Gasteiger partial charge in [0.25, 0.3) is 0 Å². The molecule has 3 nitrogen and oxygen atoms in total. The van der Waals surface area contributed by atoms with Gasteiger partial charge >= 0.3 is 0 Å². The molecule has 0 fully saturated rings. The first-order valence-electron chi connectivity index (χ1n) is 6.47. The van der Waals surface area contributed by atoms with E-state index >= 15 is 0 Å². The molecule has 1 N–H and O–H groups in total. The van der Waals surface area contributed by atoms with E-state index in [-0.39, 0.29) is 0 Å². The molecule has 0 amide bonds. The molecule has 0 unspecified atom stereocenters. The van der Waals surface area contributed by atoms with Crippen molar-refractivity contribution in [2.75, 3.05) is 11.9 Å².